The van der Waals surface area contributed by atoms with Crippen LogP contribution in [0.15, 0.2) is 46.0 Å². The van der Waals surface area contributed by atoms with Crippen molar-refractivity contribution in [2.24, 2.45) is 5.10 Å². The number of phenolic OH excluding ortho intramolecular Hbond substituents is 1. The molecule has 2 aromatic rings. The molecule has 0 bridgehead atoms. The van der Waals surface area contributed by atoms with Crippen LogP contribution in [-0.4, -0.2) is 17.2 Å². The number of carbonyl (C=O) groups is 1. The summed E-state index contributed by atoms with van der Waals surface area (Å²) in [5, 5.41) is 14.5. The van der Waals surface area contributed by atoms with E-state index >= 15 is 0 Å². The Morgan fingerprint density at radius 3 is 2.20 bits per heavy atom. The number of nitrogens with one attached hydrogen (secondary N) is 1. The van der Waals surface area contributed by atoms with Crippen LogP contribution in [0.25, 0.3) is 0 Å². The van der Waals surface area contributed by atoms with Crippen molar-refractivity contribution < 1.29 is 9.90 Å². The van der Waals surface area contributed by atoms with Crippen LogP contribution in [0.2, 0.25) is 0 Å². The van der Waals surface area contributed by atoms with E-state index in [1.54, 1.807) is 18.3 Å². The van der Waals surface area contributed by atoms with Crippen LogP contribution in [0.3, 0.4) is 0 Å². The zero-order valence-corrected chi connectivity index (χ0v) is 16.5. The Kier molecular flexibility index (Phi) is 6.37. The number of benzene rings is 2. The van der Waals surface area contributed by atoms with Crippen molar-refractivity contribution in [3.63, 3.8) is 0 Å². The summed E-state index contributed by atoms with van der Waals surface area (Å²) in [5.74, 6) is 0.455. The summed E-state index contributed by atoms with van der Waals surface area (Å²) >= 11 is 3.35. The van der Waals surface area contributed by atoms with E-state index in [2.05, 4.69) is 26.5 Å². The van der Waals surface area contributed by atoms with E-state index in [1.165, 1.54) is 0 Å². The molecule has 2 N–H and O–H groups in total. The molecule has 4 nitrogen and oxygen atoms in total. The molecule has 2 aromatic carbocycles. The first-order valence-electron chi connectivity index (χ1n) is 8.26. The van der Waals surface area contributed by atoms with Crippen LogP contribution in [0.4, 0.5) is 0 Å². The van der Waals surface area contributed by atoms with Crippen molar-refractivity contribution in [1.82, 2.24) is 5.43 Å². The summed E-state index contributed by atoms with van der Waals surface area (Å²) in [6, 6.07) is 11.0. The molecule has 0 aromatic heterocycles. The first-order chi connectivity index (χ1) is 11.8. The molecule has 0 spiro atoms. The maximum absolute atomic E-state index is 12.2. The molecule has 1 amide bonds. The number of phenols is 1. The third kappa shape index (κ3) is 4.69. The van der Waals surface area contributed by atoms with Gasteiger partial charge in [-0.1, -0.05) is 39.8 Å². The average molecular weight is 403 g/mol. The molecule has 0 aliphatic rings. The minimum absolute atomic E-state index is 0.195. The summed E-state index contributed by atoms with van der Waals surface area (Å²) in [7, 11) is 0. The van der Waals surface area contributed by atoms with Gasteiger partial charge >= 0.3 is 0 Å². The Hall–Kier alpha value is -2.14. The molecule has 0 unspecified atom stereocenters. The summed E-state index contributed by atoms with van der Waals surface area (Å²) in [4.78, 5) is 12.2. The van der Waals surface area contributed by atoms with Gasteiger partial charge in [-0.05, 0) is 68.7 Å². The van der Waals surface area contributed by atoms with Gasteiger partial charge in [-0.25, -0.2) is 5.43 Å². The molecular weight excluding hydrogens is 380 g/mol. The summed E-state index contributed by atoms with van der Waals surface area (Å²) in [6.07, 6.45) is 1.60. The van der Waals surface area contributed by atoms with Gasteiger partial charge in [0.05, 0.1) is 11.8 Å². The molecule has 0 atom stereocenters. The lowest BCUT2D eigenvalue weighted by Crippen LogP contribution is -2.18. The number of hydrogen-bond acceptors (Lipinski definition) is 3. The van der Waals surface area contributed by atoms with Crippen LogP contribution in [0.5, 0.6) is 5.75 Å². The van der Waals surface area contributed by atoms with E-state index in [-0.39, 0.29) is 17.7 Å². The van der Waals surface area contributed by atoms with Crippen molar-refractivity contribution in [3.8, 4) is 5.75 Å². The lowest BCUT2D eigenvalue weighted by molar-refractivity contribution is 0.0954. The fraction of sp³-hybridized carbons (Fsp3) is 0.300. The van der Waals surface area contributed by atoms with E-state index in [4.69, 9.17) is 0 Å². The average Bonchev–Trinajstić information content (AvgIpc) is 2.55. The molecule has 0 saturated heterocycles. The van der Waals surface area contributed by atoms with Crippen LogP contribution >= 0.6 is 15.9 Å². The van der Waals surface area contributed by atoms with Crippen LogP contribution in [0.1, 0.15) is 66.6 Å². The molecule has 2 rings (SSSR count). The Morgan fingerprint density at radius 1 is 1.12 bits per heavy atom. The Morgan fingerprint density at radius 2 is 1.68 bits per heavy atom. The van der Waals surface area contributed by atoms with Gasteiger partial charge in [-0.3, -0.25) is 4.79 Å². The fourth-order valence-corrected chi connectivity index (χ4v) is 2.99. The maximum atomic E-state index is 12.2. The number of rotatable bonds is 5. The second-order valence-corrected chi connectivity index (χ2v) is 7.39. The number of halogens is 1. The molecule has 0 aliphatic heterocycles. The third-order valence-electron chi connectivity index (χ3n) is 3.93. The lowest BCUT2D eigenvalue weighted by atomic mass is 9.92. The highest BCUT2D eigenvalue weighted by Gasteiger charge is 2.14. The quantitative estimate of drug-likeness (QED) is 0.535. The van der Waals surface area contributed by atoms with Crippen molar-refractivity contribution >= 4 is 28.1 Å². The Bertz CT molecular complexity index is 769. The van der Waals surface area contributed by atoms with Crippen molar-refractivity contribution in [3.05, 3.63) is 63.1 Å². The van der Waals surface area contributed by atoms with Gasteiger partial charge in [0.25, 0.3) is 5.91 Å². The second-order valence-electron chi connectivity index (χ2n) is 6.54. The Balaban J connectivity index is 2.23. The number of hydrogen-bond donors (Lipinski definition) is 2. The van der Waals surface area contributed by atoms with E-state index in [0.29, 0.717) is 11.3 Å². The third-order valence-corrected chi connectivity index (χ3v) is 4.62. The standard InChI is InChI=1S/C20H23BrN2O2/c1-12(2)16-9-14(10-17(13(3)4)19(16)24)11-22-23-20(25)15-7-5-6-8-18(15)21/h5-13,24H,1-4H3,(H,23,25)/b22-11-. The van der Waals surface area contributed by atoms with Crippen molar-refractivity contribution in [1.29, 1.82) is 0 Å². The molecule has 132 valence electrons. The van der Waals surface area contributed by atoms with E-state index in [1.807, 2.05) is 52.0 Å². The maximum Gasteiger partial charge on any atom is 0.272 e. The van der Waals surface area contributed by atoms with Gasteiger partial charge in [0.15, 0.2) is 0 Å². The van der Waals surface area contributed by atoms with Crippen LogP contribution in [-0.2, 0) is 0 Å². The van der Waals surface area contributed by atoms with Crippen LogP contribution in [0, 0.1) is 0 Å². The highest BCUT2D eigenvalue weighted by Crippen LogP contribution is 2.34. The molecule has 0 saturated carbocycles. The SMILES string of the molecule is CC(C)c1cc(/C=N\NC(=O)c2ccccc2Br)cc(C(C)C)c1O. The van der Waals surface area contributed by atoms with Gasteiger partial charge in [0.1, 0.15) is 5.75 Å². The highest BCUT2D eigenvalue weighted by molar-refractivity contribution is 9.10. The van der Waals surface area contributed by atoms with E-state index in [0.717, 1.165) is 21.2 Å². The van der Waals surface area contributed by atoms with Gasteiger partial charge in [-0.2, -0.15) is 5.10 Å². The van der Waals surface area contributed by atoms with Crippen molar-refractivity contribution in [2.75, 3.05) is 0 Å². The minimum Gasteiger partial charge on any atom is -0.507 e. The molecule has 25 heavy (non-hydrogen) atoms. The van der Waals surface area contributed by atoms with Gasteiger partial charge in [-0.15, -0.1) is 0 Å². The summed E-state index contributed by atoms with van der Waals surface area (Å²) in [6.45, 7) is 8.15. The number of hydrazone groups is 1. The van der Waals surface area contributed by atoms with Gasteiger partial charge in [0.2, 0.25) is 0 Å². The molecular formula is C20H23BrN2O2. The largest absolute Gasteiger partial charge is 0.507 e. The van der Waals surface area contributed by atoms with E-state index in [9.17, 15) is 9.90 Å². The van der Waals surface area contributed by atoms with Gasteiger partial charge < -0.3 is 5.11 Å². The zero-order chi connectivity index (χ0) is 18.6. The molecule has 0 aliphatic carbocycles. The summed E-state index contributed by atoms with van der Waals surface area (Å²) in [5.41, 5.74) is 5.67. The van der Waals surface area contributed by atoms with Crippen molar-refractivity contribution in [2.45, 2.75) is 39.5 Å². The number of nitrogens with zero attached hydrogens (tertiary/aromatic N) is 1. The monoisotopic (exact) mass is 402 g/mol. The Labute approximate surface area is 157 Å². The predicted octanol–water partition coefficient (Wildman–Crippen LogP) is 5.17. The topological polar surface area (TPSA) is 61.7 Å². The number of carbonyl (C=O) groups excluding carboxylic acids is 1. The fourth-order valence-electron chi connectivity index (χ4n) is 2.53. The lowest BCUT2D eigenvalue weighted by Gasteiger charge is -2.16. The smallest absolute Gasteiger partial charge is 0.272 e. The molecule has 0 heterocycles. The molecule has 0 radical (unpaired) electrons. The number of amides is 1. The van der Waals surface area contributed by atoms with Gasteiger partial charge in [0, 0.05) is 4.47 Å². The molecule has 0 fully saturated rings. The first-order valence-corrected chi connectivity index (χ1v) is 9.05. The van der Waals surface area contributed by atoms with Crippen LogP contribution < -0.4 is 5.43 Å². The normalized spacial score (nSPS) is 11.5. The zero-order valence-electron chi connectivity index (χ0n) is 14.9. The first kappa shape index (κ1) is 19.2. The number of aromatic hydroxyl groups is 1. The predicted molar refractivity (Wildman–Crippen MR) is 105 cm³/mol. The highest BCUT2D eigenvalue weighted by atomic mass is 79.9. The summed E-state index contributed by atoms with van der Waals surface area (Å²) < 4.78 is 0.719. The minimum atomic E-state index is -0.282. The second kappa shape index (κ2) is 8.30. The molecule has 5 heteroatoms. The van der Waals surface area contributed by atoms with E-state index < -0.39 is 0 Å².